The van der Waals surface area contributed by atoms with E-state index in [0.717, 1.165) is 24.3 Å². The fourth-order valence-corrected chi connectivity index (χ4v) is 1.63. The van der Waals surface area contributed by atoms with Crippen molar-refractivity contribution in [1.29, 1.82) is 0 Å². The zero-order valence-electron chi connectivity index (χ0n) is 8.82. The van der Waals surface area contributed by atoms with Gasteiger partial charge in [0.05, 0.1) is 5.56 Å². The first-order chi connectivity index (χ1) is 8.29. The first kappa shape index (κ1) is 12.2. The van der Waals surface area contributed by atoms with Crippen LogP contribution in [0.3, 0.4) is 0 Å². The average molecular weight is 256 g/mol. The highest BCUT2D eigenvalue weighted by molar-refractivity contribution is 5.97. The summed E-state index contributed by atoms with van der Waals surface area (Å²) in [5.41, 5.74) is -1.19. The molecule has 2 aromatic carbocycles. The first-order valence-corrected chi connectivity index (χ1v) is 4.86. The van der Waals surface area contributed by atoms with E-state index in [-0.39, 0.29) is 10.9 Å². The van der Waals surface area contributed by atoms with Crippen LogP contribution in [0.25, 0.3) is 10.8 Å². The quantitative estimate of drug-likeness (QED) is 0.823. The van der Waals surface area contributed by atoms with E-state index in [1.54, 1.807) is 0 Å². The number of phenols is 1. The maximum Gasteiger partial charge on any atom is 0.416 e. The standard InChI is InChI=1S/C12H7F3O3/c13-12(14,15)8-2-1-6-4-9(11(17)18)10(16)5-7(6)3-8/h1-5,16H,(H,17,18). The van der Waals surface area contributed by atoms with Crippen molar-refractivity contribution in [2.24, 2.45) is 0 Å². The third-order valence-corrected chi connectivity index (χ3v) is 2.51. The number of hydrogen-bond donors (Lipinski definition) is 2. The lowest BCUT2D eigenvalue weighted by molar-refractivity contribution is -0.137. The van der Waals surface area contributed by atoms with Crippen molar-refractivity contribution in [3.05, 3.63) is 41.5 Å². The molecule has 0 unspecified atom stereocenters. The predicted octanol–water partition coefficient (Wildman–Crippen LogP) is 3.26. The van der Waals surface area contributed by atoms with Gasteiger partial charge in [0.25, 0.3) is 0 Å². The molecule has 0 amide bonds. The topological polar surface area (TPSA) is 57.5 Å². The number of aromatic hydroxyl groups is 1. The van der Waals surface area contributed by atoms with Crippen LogP contribution in [-0.2, 0) is 6.18 Å². The Labute approximate surface area is 99.1 Å². The van der Waals surface area contributed by atoms with Gasteiger partial charge < -0.3 is 10.2 Å². The Morgan fingerprint density at radius 2 is 1.72 bits per heavy atom. The van der Waals surface area contributed by atoms with Crippen molar-refractivity contribution in [1.82, 2.24) is 0 Å². The highest BCUT2D eigenvalue weighted by Gasteiger charge is 2.30. The van der Waals surface area contributed by atoms with Gasteiger partial charge in [-0.25, -0.2) is 4.79 Å². The van der Waals surface area contributed by atoms with Gasteiger partial charge in [0.2, 0.25) is 0 Å². The van der Waals surface area contributed by atoms with Crippen LogP contribution in [0.2, 0.25) is 0 Å². The van der Waals surface area contributed by atoms with E-state index in [2.05, 4.69) is 0 Å². The molecule has 0 aromatic heterocycles. The number of alkyl halides is 3. The molecule has 0 saturated heterocycles. The van der Waals surface area contributed by atoms with Crippen LogP contribution in [0.1, 0.15) is 15.9 Å². The zero-order chi connectivity index (χ0) is 13.5. The normalized spacial score (nSPS) is 11.7. The summed E-state index contributed by atoms with van der Waals surface area (Å²) in [6.45, 7) is 0. The molecule has 3 nitrogen and oxygen atoms in total. The van der Waals surface area contributed by atoms with Gasteiger partial charge in [-0.2, -0.15) is 13.2 Å². The number of carboxylic acids is 1. The van der Waals surface area contributed by atoms with Crippen LogP contribution >= 0.6 is 0 Å². The van der Waals surface area contributed by atoms with Crippen LogP contribution in [0.5, 0.6) is 5.75 Å². The highest BCUT2D eigenvalue weighted by Crippen LogP contribution is 2.33. The summed E-state index contributed by atoms with van der Waals surface area (Å²) in [6, 6.07) is 5.04. The lowest BCUT2D eigenvalue weighted by atomic mass is 10.0. The molecule has 2 aromatic rings. The zero-order valence-corrected chi connectivity index (χ0v) is 8.82. The summed E-state index contributed by atoms with van der Waals surface area (Å²) in [7, 11) is 0. The molecule has 0 radical (unpaired) electrons. The van der Waals surface area contributed by atoms with E-state index in [0.29, 0.717) is 5.39 Å². The maximum atomic E-state index is 12.5. The monoisotopic (exact) mass is 256 g/mol. The van der Waals surface area contributed by atoms with Crippen LogP contribution < -0.4 is 0 Å². The Bertz CT molecular complexity index is 632. The maximum absolute atomic E-state index is 12.5. The van der Waals surface area contributed by atoms with E-state index in [1.165, 1.54) is 6.07 Å². The highest BCUT2D eigenvalue weighted by atomic mass is 19.4. The van der Waals surface area contributed by atoms with E-state index >= 15 is 0 Å². The molecule has 2 N–H and O–H groups in total. The van der Waals surface area contributed by atoms with Crippen molar-refractivity contribution in [2.75, 3.05) is 0 Å². The fourth-order valence-electron chi connectivity index (χ4n) is 1.63. The number of aromatic carboxylic acids is 1. The van der Waals surface area contributed by atoms with Crippen LogP contribution in [0.15, 0.2) is 30.3 Å². The van der Waals surface area contributed by atoms with E-state index in [9.17, 15) is 23.1 Å². The number of fused-ring (bicyclic) bond motifs is 1. The van der Waals surface area contributed by atoms with E-state index in [4.69, 9.17) is 5.11 Å². The molecule has 0 atom stereocenters. The summed E-state index contributed by atoms with van der Waals surface area (Å²) >= 11 is 0. The number of hydrogen-bond acceptors (Lipinski definition) is 2. The summed E-state index contributed by atoms with van der Waals surface area (Å²) in [4.78, 5) is 10.8. The minimum Gasteiger partial charge on any atom is -0.507 e. The Hall–Kier alpha value is -2.24. The molecule has 0 heterocycles. The van der Waals surface area contributed by atoms with Crippen LogP contribution in [-0.4, -0.2) is 16.2 Å². The van der Waals surface area contributed by atoms with Gasteiger partial charge in [0.1, 0.15) is 11.3 Å². The van der Waals surface area contributed by atoms with Gasteiger partial charge in [0, 0.05) is 0 Å². The molecule has 6 heteroatoms. The van der Waals surface area contributed by atoms with Crippen molar-refractivity contribution >= 4 is 16.7 Å². The Morgan fingerprint density at radius 1 is 1.06 bits per heavy atom. The number of carbonyl (C=O) groups is 1. The van der Waals surface area contributed by atoms with E-state index in [1.807, 2.05) is 0 Å². The second-order valence-electron chi connectivity index (χ2n) is 3.73. The molecule has 0 aliphatic rings. The molecule has 0 aliphatic heterocycles. The van der Waals surface area contributed by atoms with Gasteiger partial charge in [-0.3, -0.25) is 0 Å². The molecule has 0 saturated carbocycles. The molecular formula is C12H7F3O3. The van der Waals surface area contributed by atoms with Gasteiger partial charge in [-0.15, -0.1) is 0 Å². The molecule has 2 rings (SSSR count). The Balaban J connectivity index is 2.67. The van der Waals surface area contributed by atoms with Crippen molar-refractivity contribution in [3.63, 3.8) is 0 Å². The minimum atomic E-state index is -4.48. The second kappa shape index (κ2) is 3.90. The number of halogens is 3. The summed E-state index contributed by atoms with van der Waals surface area (Å²) < 4.78 is 37.4. The third kappa shape index (κ3) is 2.09. The lowest BCUT2D eigenvalue weighted by Gasteiger charge is -2.09. The number of benzene rings is 2. The molecule has 0 spiro atoms. The predicted molar refractivity (Wildman–Crippen MR) is 57.6 cm³/mol. The Morgan fingerprint density at radius 3 is 2.28 bits per heavy atom. The molecule has 18 heavy (non-hydrogen) atoms. The third-order valence-electron chi connectivity index (χ3n) is 2.51. The molecule has 0 bridgehead atoms. The van der Waals surface area contributed by atoms with Crippen molar-refractivity contribution in [3.8, 4) is 5.75 Å². The van der Waals surface area contributed by atoms with Gasteiger partial charge >= 0.3 is 12.1 Å². The average Bonchev–Trinajstić information content (AvgIpc) is 2.25. The van der Waals surface area contributed by atoms with Crippen LogP contribution in [0.4, 0.5) is 13.2 Å². The number of rotatable bonds is 1. The van der Waals surface area contributed by atoms with Crippen molar-refractivity contribution < 1.29 is 28.2 Å². The largest absolute Gasteiger partial charge is 0.507 e. The SMILES string of the molecule is O=C(O)c1cc2ccc(C(F)(F)F)cc2cc1O. The van der Waals surface area contributed by atoms with Gasteiger partial charge in [0.15, 0.2) is 0 Å². The van der Waals surface area contributed by atoms with Gasteiger partial charge in [-0.05, 0) is 35.0 Å². The van der Waals surface area contributed by atoms with Gasteiger partial charge in [-0.1, -0.05) is 6.07 Å². The first-order valence-electron chi connectivity index (χ1n) is 4.86. The Kier molecular flexibility index (Phi) is 2.65. The molecule has 0 aliphatic carbocycles. The molecular weight excluding hydrogens is 249 g/mol. The van der Waals surface area contributed by atoms with Crippen molar-refractivity contribution in [2.45, 2.75) is 6.18 Å². The minimum absolute atomic E-state index is 0.132. The molecule has 94 valence electrons. The number of carboxylic acid groups (broad SMARTS) is 1. The summed E-state index contributed by atoms with van der Waals surface area (Å²) in [5, 5.41) is 18.6. The summed E-state index contributed by atoms with van der Waals surface area (Å²) in [5.74, 6) is -1.90. The smallest absolute Gasteiger partial charge is 0.416 e. The lowest BCUT2D eigenvalue weighted by Crippen LogP contribution is -2.04. The van der Waals surface area contributed by atoms with E-state index < -0.39 is 23.5 Å². The van der Waals surface area contributed by atoms with Crippen LogP contribution in [0, 0.1) is 0 Å². The summed E-state index contributed by atoms with van der Waals surface area (Å²) in [6.07, 6.45) is -4.48. The molecule has 0 fully saturated rings. The fraction of sp³-hybridized carbons (Fsp3) is 0.0833. The second-order valence-corrected chi connectivity index (χ2v) is 3.73.